The van der Waals surface area contributed by atoms with Crippen LogP contribution in [0.1, 0.15) is 17.0 Å². The van der Waals surface area contributed by atoms with Crippen LogP contribution in [0.2, 0.25) is 0 Å². The normalized spacial score (nSPS) is 14.0. The highest BCUT2D eigenvalue weighted by atomic mass is 16.8. The van der Waals surface area contributed by atoms with Crippen LogP contribution in [0.4, 0.5) is 0 Å². The first-order valence-electron chi connectivity index (χ1n) is 8.02. The zero-order valence-corrected chi connectivity index (χ0v) is 13.1. The van der Waals surface area contributed by atoms with Crippen LogP contribution in [0.5, 0.6) is 5.75 Å². The maximum Gasteiger partial charge on any atom is 0.313 e. The first-order chi connectivity index (χ1) is 11.8. The molecule has 1 aliphatic carbocycles. The molecule has 3 aromatic carbocycles. The molecule has 24 heavy (non-hydrogen) atoms. The minimum atomic E-state index is -1.28. The smallest absolute Gasteiger partial charge is 0.313 e. The van der Waals surface area contributed by atoms with Crippen molar-refractivity contribution in [3.05, 3.63) is 90.0 Å². The van der Waals surface area contributed by atoms with E-state index in [1.54, 1.807) is 12.1 Å². The van der Waals surface area contributed by atoms with E-state index >= 15 is 0 Å². The van der Waals surface area contributed by atoms with Crippen molar-refractivity contribution in [3.8, 4) is 16.9 Å². The number of rotatable bonds is 5. The molecule has 0 saturated heterocycles. The highest BCUT2D eigenvalue weighted by Crippen LogP contribution is 2.44. The molecule has 1 unspecified atom stereocenters. The van der Waals surface area contributed by atoms with Gasteiger partial charge in [0.25, 0.3) is 0 Å². The molecule has 3 heteroatoms. The highest BCUT2D eigenvalue weighted by molar-refractivity contribution is 5.78. The Labute approximate surface area is 141 Å². The third-order valence-electron chi connectivity index (χ3n) is 4.35. The van der Waals surface area contributed by atoms with Gasteiger partial charge in [0, 0.05) is 5.92 Å². The molecule has 0 fully saturated rings. The van der Waals surface area contributed by atoms with Gasteiger partial charge < -0.3 is 14.6 Å². The van der Waals surface area contributed by atoms with Crippen molar-refractivity contribution >= 4 is 0 Å². The standard InChI is InChI=1S/C21H18O3/c22-21(24-15-8-2-1-3-9-15)23-14-20-18-12-6-4-10-16(18)17-11-5-7-13-19(17)20/h1-13,20-22H,14H2. The molecule has 0 aliphatic heterocycles. The summed E-state index contributed by atoms with van der Waals surface area (Å²) in [7, 11) is 0. The molecule has 1 N–H and O–H groups in total. The highest BCUT2D eigenvalue weighted by Gasteiger charge is 2.28. The van der Waals surface area contributed by atoms with Crippen LogP contribution in [0.15, 0.2) is 78.9 Å². The molecule has 1 atom stereocenters. The fourth-order valence-electron chi connectivity index (χ4n) is 3.27. The van der Waals surface area contributed by atoms with Crippen LogP contribution in [0.3, 0.4) is 0 Å². The Bertz CT molecular complexity index is 784. The van der Waals surface area contributed by atoms with E-state index in [2.05, 4.69) is 24.3 Å². The summed E-state index contributed by atoms with van der Waals surface area (Å²) in [5.41, 5.74) is 4.93. The summed E-state index contributed by atoms with van der Waals surface area (Å²) in [6.45, 7) is -0.922. The van der Waals surface area contributed by atoms with Gasteiger partial charge in [-0.1, -0.05) is 66.7 Å². The second-order valence-corrected chi connectivity index (χ2v) is 5.80. The monoisotopic (exact) mass is 318 g/mol. The number of ether oxygens (including phenoxy) is 2. The fraction of sp³-hybridized carbons (Fsp3) is 0.143. The zero-order valence-electron chi connectivity index (χ0n) is 13.1. The molecule has 0 spiro atoms. The van der Waals surface area contributed by atoms with Crippen LogP contribution in [-0.2, 0) is 4.74 Å². The maximum absolute atomic E-state index is 10.0. The SMILES string of the molecule is OC(OCC1c2ccccc2-c2ccccc21)Oc1ccccc1. The summed E-state index contributed by atoms with van der Waals surface area (Å²) in [4.78, 5) is 0. The topological polar surface area (TPSA) is 38.7 Å². The van der Waals surface area contributed by atoms with Gasteiger partial charge in [-0.25, -0.2) is 0 Å². The first-order valence-corrected chi connectivity index (χ1v) is 8.02. The third-order valence-corrected chi connectivity index (χ3v) is 4.35. The molecule has 0 aromatic heterocycles. The van der Waals surface area contributed by atoms with E-state index < -0.39 is 6.48 Å². The molecule has 4 rings (SSSR count). The molecular formula is C21H18O3. The van der Waals surface area contributed by atoms with E-state index in [1.807, 2.05) is 42.5 Å². The molecule has 0 heterocycles. The van der Waals surface area contributed by atoms with Gasteiger partial charge in [0.05, 0.1) is 6.61 Å². The molecule has 1 aliphatic rings. The number of para-hydroxylation sites is 1. The summed E-state index contributed by atoms with van der Waals surface area (Å²) in [6, 6.07) is 25.8. The van der Waals surface area contributed by atoms with Gasteiger partial charge in [0.2, 0.25) is 0 Å². The second kappa shape index (κ2) is 6.48. The van der Waals surface area contributed by atoms with Crippen molar-refractivity contribution in [2.75, 3.05) is 6.61 Å². The number of aliphatic hydroxyl groups excluding tert-OH is 1. The molecule has 0 radical (unpaired) electrons. The van der Waals surface area contributed by atoms with Gasteiger partial charge in [-0.05, 0) is 34.4 Å². The molecule has 0 saturated carbocycles. The fourth-order valence-corrected chi connectivity index (χ4v) is 3.27. The van der Waals surface area contributed by atoms with Gasteiger partial charge in [-0.2, -0.15) is 0 Å². The first kappa shape index (κ1) is 14.9. The molecular weight excluding hydrogens is 300 g/mol. The zero-order chi connectivity index (χ0) is 16.4. The number of hydrogen-bond acceptors (Lipinski definition) is 3. The lowest BCUT2D eigenvalue weighted by Gasteiger charge is -2.18. The van der Waals surface area contributed by atoms with Gasteiger partial charge in [0.1, 0.15) is 5.75 Å². The molecule has 120 valence electrons. The van der Waals surface area contributed by atoms with Crippen LogP contribution >= 0.6 is 0 Å². The van der Waals surface area contributed by atoms with E-state index in [4.69, 9.17) is 9.47 Å². The predicted octanol–water partition coefficient (Wildman–Crippen LogP) is 4.17. The van der Waals surface area contributed by atoms with Crippen molar-refractivity contribution in [1.29, 1.82) is 0 Å². The van der Waals surface area contributed by atoms with Crippen molar-refractivity contribution in [1.82, 2.24) is 0 Å². The van der Waals surface area contributed by atoms with Crippen molar-refractivity contribution < 1.29 is 14.6 Å². The van der Waals surface area contributed by atoms with Gasteiger partial charge in [0.15, 0.2) is 0 Å². The summed E-state index contributed by atoms with van der Waals surface area (Å²) >= 11 is 0. The number of benzene rings is 3. The summed E-state index contributed by atoms with van der Waals surface area (Å²) in [6.07, 6.45) is 0. The average Bonchev–Trinajstić information content (AvgIpc) is 2.95. The van der Waals surface area contributed by atoms with E-state index in [9.17, 15) is 5.11 Å². The molecule has 0 amide bonds. The minimum Gasteiger partial charge on any atom is -0.441 e. The maximum atomic E-state index is 10.0. The lowest BCUT2D eigenvalue weighted by atomic mass is 9.98. The summed E-state index contributed by atoms with van der Waals surface area (Å²) < 4.78 is 11.0. The second-order valence-electron chi connectivity index (χ2n) is 5.80. The van der Waals surface area contributed by atoms with E-state index in [1.165, 1.54) is 22.3 Å². The quantitative estimate of drug-likeness (QED) is 0.718. The summed E-state index contributed by atoms with van der Waals surface area (Å²) in [5, 5.41) is 10.0. The van der Waals surface area contributed by atoms with Gasteiger partial charge in [-0.3, -0.25) is 0 Å². The largest absolute Gasteiger partial charge is 0.441 e. The van der Waals surface area contributed by atoms with Gasteiger partial charge in [-0.15, -0.1) is 0 Å². The van der Waals surface area contributed by atoms with E-state index in [-0.39, 0.29) is 5.92 Å². The Kier molecular flexibility index (Phi) is 4.03. The average molecular weight is 318 g/mol. The number of fused-ring (bicyclic) bond motifs is 3. The van der Waals surface area contributed by atoms with Crippen LogP contribution in [-0.4, -0.2) is 18.2 Å². The van der Waals surface area contributed by atoms with Gasteiger partial charge >= 0.3 is 6.48 Å². The van der Waals surface area contributed by atoms with E-state index in [0.717, 1.165) is 0 Å². The van der Waals surface area contributed by atoms with E-state index in [0.29, 0.717) is 12.4 Å². The lowest BCUT2D eigenvalue weighted by molar-refractivity contribution is -0.217. The lowest BCUT2D eigenvalue weighted by Crippen LogP contribution is -2.22. The van der Waals surface area contributed by atoms with Crippen LogP contribution < -0.4 is 4.74 Å². The Morgan fingerprint density at radius 1 is 0.750 bits per heavy atom. The predicted molar refractivity (Wildman–Crippen MR) is 92.7 cm³/mol. The Morgan fingerprint density at radius 3 is 1.92 bits per heavy atom. The summed E-state index contributed by atoms with van der Waals surface area (Å²) in [5.74, 6) is 0.684. The molecule has 3 nitrogen and oxygen atoms in total. The molecule has 0 bridgehead atoms. The minimum absolute atomic E-state index is 0.103. The number of aliphatic hydroxyl groups is 1. The van der Waals surface area contributed by atoms with Crippen molar-refractivity contribution in [2.45, 2.75) is 12.4 Å². The van der Waals surface area contributed by atoms with Crippen molar-refractivity contribution in [3.63, 3.8) is 0 Å². The Balaban J connectivity index is 1.50. The number of hydrogen-bond donors (Lipinski definition) is 1. The third kappa shape index (κ3) is 2.80. The van der Waals surface area contributed by atoms with Crippen LogP contribution in [0, 0.1) is 0 Å². The Morgan fingerprint density at radius 2 is 1.29 bits per heavy atom. The molecule has 3 aromatic rings. The Hall–Kier alpha value is -2.62. The van der Waals surface area contributed by atoms with Crippen LogP contribution in [0.25, 0.3) is 11.1 Å². The van der Waals surface area contributed by atoms with Crippen molar-refractivity contribution in [2.24, 2.45) is 0 Å².